The number of benzene rings is 1. The van der Waals surface area contributed by atoms with Gasteiger partial charge < -0.3 is 19.7 Å². The first-order valence-electron chi connectivity index (χ1n) is 9.34. The van der Waals surface area contributed by atoms with E-state index < -0.39 is 0 Å². The summed E-state index contributed by atoms with van der Waals surface area (Å²) in [5, 5.41) is 3.44. The number of aryl methyl sites for hydroxylation is 1. The van der Waals surface area contributed by atoms with Gasteiger partial charge in [0.2, 0.25) is 5.91 Å². The molecule has 27 heavy (non-hydrogen) atoms. The highest BCUT2D eigenvalue weighted by molar-refractivity contribution is 5.73. The summed E-state index contributed by atoms with van der Waals surface area (Å²) in [6.07, 6.45) is 1.60. The lowest BCUT2D eigenvalue weighted by Crippen LogP contribution is -2.35. The lowest BCUT2D eigenvalue weighted by molar-refractivity contribution is -0.129. The second-order valence-corrected chi connectivity index (χ2v) is 6.95. The molecule has 1 aromatic heterocycles. The van der Waals surface area contributed by atoms with Crippen LogP contribution in [-0.2, 0) is 17.8 Å². The number of anilines is 1. The Balaban J connectivity index is 1.39. The number of rotatable bonds is 4. The zero-order chi connectivity index (χ0) is 18.8. The van der Waals surface area contributed by atoms with Crippen molar-refractivity contribution in [1.82, 2.24) is 14.9 Å². The van der Waals surface area contributed by atoms with Gasteiger partial charge in [0, 0.05) is 32.0 Å². The molecule has 2 aromatic rings. The smallest absolute Gasteiger partial charge is 0.219 e. The number of aromatic nitrogens is 2. The highest BCUT2D eigenvalue weighted by Crippen LogP contribution is 2.31. The molecular formula is C20H24N4O3. The van der Waals surface area contributed by atoms with E-state index in [2.05, 4.69) is 15.3 Å². The third kappa shape index (κ3) is 3.82. The van der Waals surface area contributed by atoms with E-state index in [1.165, 1.54) is 0 Å². The number of fused-ring (bicyclic) bond motifs is 2. The zero-order valence-electron chi connectivity index (χ0n) is 15.7. The summed E-state index contributed by atoms with van der Waals surface area (Å²) in [4.78, 5) is 22.6. The van der Waals surface area contributed by atoms with Crippen molar-refractivity contribution in [3.63, 3.8) is 0 Å². The molecule has 7 nitrogen and oxygen atoms in total. The van der Waals surface area contributed by atoms with Crippen molar-refractivity contribution in [1.29, 1.82) is 0 Å². The molecule has 3 heterocycles. The monoisotopic (exact) mass is 368 g/mol. The summed E-state index contributed by atoms with van der Waals surface area (Å²) >= 11 is 0. The number of carbonyl (C=O) groups is 1. The van der Waals surface area contributed by atoms with Crippen LogP contribution in [0.25, 0.3) is 0 Å². The van der Waals surface area contributed by atoms with E-state index in [0.717, 1.165) is 48.0 Å². The van der Waals surface area contributed by atoms with Gasteiger partial charge in [-0.25, -0.2) is 9.97 Å². The SMILES string of the molecule is CC(=O)N1CCc2c(nc(C)nc2NCCC2COc3ccccc3O2)C1. The molecule has 1 amide bonds. The highest BCUT2D eigenvalue weighted by atomic mass is 16.6. The van der Waals surface area contributed by atoms with E-state index in [9.17, 15) is 4.79 Å². The molecule has 2 aliphatic rings. The van der Waals surface area contributed by atoms with E-state index in [1.807, 2.05) is 36.1 Å². The molecule has 0 saturated carbocycles. The van der Waals surface area contributed by atoms with E-state index in [4.69, 9.17) is 9.47 Å². The van der Waals surface area contributed by atoms with E-state index in [-0.39, 0.29) is 12.0 Å². The number of amides is 1. The van der Waals surface area contributed by atoms with Gasteiger partial charge in [0.25, 0.3) is 0 Å². The summed E-state index contributed by atoms with van der Waals surface area (Å²) in [5.74, 6) is 3.28. The van der Waals surface area contributed by atoms with E-state index >= 15 is 0 Å². The minimum absolute atomic E-state index is 0.0133. The summed E-state index contributed by atoms with van der Waals surface area (Å²) in [6.45, 7) is 6.03. The number of hydrogen-bond acceptors (Lipinski definition) is 6. The number of carbonyl (C=O) groups excluding carboxylic acids is 1. The highest BCUT2D eigenvalue weighted by Gasteiger charge is 2.24. The van der Waals surface area contributed by atoms with Crippen molar-refractivity contribution in [2.45, 2.75) is 39.3 Å². The summed E-state index contributed by atoms with van der Waals surface area (Å²) < 4.78 is 11.8. The zero-order valence-corrected chi connectivity index (χ0v) is 15.7. The number of para-hydroxylation sites is 2. The standard InChI is InChI=1S/C20H24N4O3/c1-13-22-17-11-24(14(2)25)10-8-16(17)20(23-13)21-9-7-15-12-26-18-5-3-4-6-19(18)27-15/h3-6,15H,7-12H2,1-2H3,(H,21,22,23). The molecule has 7 heteroatoms. The molecule has 0 radical (unpaired) electrons. The second kappa shape index (κ2) is 7.42. The molecule has 0 bridgehead atoms. The van der Waals surface area contributed by atoms with Crippen LogP contribution in [0.2, 0.25) is 0 Å². The minimum atomic E-state index is 0.0133. The minimum Gasteiger partial charge on any atom is -0.486 e. The third-order valence-electron chi connectivity index (χ3n) is 4.95. The molecule has 0 fully saturated rings. The molecule has 0 aliphatic carbocycles. The molecular weight excluding hydrogens is 344 g/mol. The van der Waals surface area contributed by atoms with Gasteiger partial charge in [0.05, 0.1) is 12.2 Å². The Kier molecular flexibility index (Phi) is 4.83. The molecule has 4 rings (SSSR count). The molecule has 0 spiro atoms. The Morgan fingerprint density at radius 2 is 2.11 bits per heavy atom. The number of hydrogen-bond donors (Lipinski definition) is 1. The maximum absolute atomic E-state index is 11.7. The lowest BCUT2D eigenvalue weighted by atomic mass is 10.1. The third-order valence-corrected chi connectivity index (χ3v) is 4.95. The molecule has 1 N–H and O–H groups in total. The average Bonchev–Trinajstić information content (AvgIpc) is 2.67. The summed E-state index contributed by atoms with van der Waals surface area (Å²) in [6, 6.07) is 7.74. The summed E-state index contributed by atoms with van der Waals surface area (Å²) in [7, 11) is 0. The van der Waals surface area contributed by atoms with Crippen molar-refractivity contribution < 1.29 is 14.3 Å². The molecule has 1 aromatic carbocycles. The van der Waals surface area contributed by atoms with E-state index in [1.54, 1.807) is 6.92 Å². The molecule has 0 saturated heterocycles. The van der Waals surface area contributed by atoms with Crippen LogP contribution in [0.3, 0.4) is 0 Å². The van der Waals surface area contributed by atoms with Crippen molar-refractivity contribution in [3.05, 3.63) is 41.3 Å². The molecule has 1 unspecified atom stereocenters. The molecule has 1 atom stereocenters. The molecule has 142 valence electrons. The van der Waals surface area contributed by atoms with Crippen molar-refractivity contribution in [2.75, 3.05) is 25.0 Å². The number of nitrogens with zero attached hydrogens (tertiary/aromatic N) is 3. The van der Waals surface area contributed by atoms with Gasteiger partial charge in [-0.05, 0) is 25.5 Å². The maximum atomic E-state index is 11.7. The van der Waals surface area contributed by atoms with Crippen molar-refractivity contribution >= 4 is 11.7 Å². The first-order chi connectivity index (χ1) is 13.1. The fourth-order valence-electron chi connectivity index (χ4n) is 3.53. The van der Waals surface area contributed by atoms with Crippen molar-refractivity contribution in [2.24, 2.45) is 0 Å². The fourth-order valence-corrected chi connectivity index (χ4v) is 3.53. The van der Waals surface area contributed by atoms with Crippen LogP contribution in [0.15, 0.2) is 24.3 Å². The van der Waals surface area contributed by atoms with E-state index in [0.29, 0.717) is 25.5 Å². The van der Waals surface area contributed by atoms with Crippen molar-refractivity contribution in [3.8, 4) is 11.5 Å². The fraction of sp³-hybridized carbons (Fsp3) is 0.450. The Hall–Kier alpha value is -2.83. The Labute approximate surface area is 158 Å². The van der Waals surface area contributed by atoms with Crippen LogP contribution >= 0.6 is 0 Å². The first-order valence-corrected chi connectivity index (χ1v) is 9.34. The lowest BCUT2D eigenvalue weighted by Gasteiger charge is -2.29. The van der Waals surface area contributed by atoms with Crippen LogP contribution < -0.4 is 14.8 Å². The second-order valence-electron chi connectivity index (χ2n) is 6.95. The van der Waals surface area contributed by atoms with Crippen LogP contribution in [0, 0.1) is 6.92 Å². The van der Waals surface area contributed by atoms with Gasteiger partial charge in [-0.15, -0.1) is 0 Å². The predicted octanol–water partition coefficient (Wildman–Crippen LogP) is 2.33. The Morgan fingerprint density at radius 1 is 1.30 bits per heavy atom. The quantitative estimate of drug-likeness (QED) is 0.893. The first kappa shape index (κ1) is 17.6. The van der Waals surface area contributed by atoms with Gasteiger partial charge in [0.15, 0.2) is 11.5 Å². The molecule has 2 aliphatic heterocycles. The Bertz CT molecular complexity index is 855. The number of ether oxygens (including phenoxy) is 2. The van der Waals surface area contributed by atoms with Crippen LogP contribution in [0.4, 0.5) is 5.82 Å². The largest absolute Gasteiger partial charge is 0.486 e. The predicted molar refractivity (Wildman–Crippen MR) is 101 cm³/mol. The van der Waals surface area contributed by atoms with Crippen LogP contribution in [-0.4, -0.2) is 46.6 Å². The average molecular weight is 368 g/mol. The van der Waals surface area contributed by atoms with Gasteiger partial charge in [-0.2, -0.15) is 0 Å². The van der Waals surface area contributed by atoms with Gasteiger partial charge in [-0.3, -0.25) is 4.79 Å². The Morgan fingerprint density at radius 3 is 2.93 bits per heavy atom. The van der Waals surface area contributed by atoms with Gasteiger partial charge >= 0.3 is 0 Å². The van der Waals surface area contributed by atoms with Gasteiger partial charge in [-0.1, -0.05) is 12.1 Å². The van der Waals surface area contributed by atoms with Gasteiger partial charge in [0.1, 0.15) is 24.4 Å². The summed E-state index contributed by atoms with van der Waals surface area (Å²) in [5.41, 5.74) is 2.06. The topological polar surface area (TPSA) is 76.6 Å². The maximum Gasteiger partial charge on any atom is 0.219 e. The normalized spacial score (nSPS) is 18.0. The number of nitrogens with one attached hydrogen (secondary N) is 1. The van der Waals surface area contributed by atoms with Crippen LogP contribution in [0.5, 0.6) is 11.5 Å². The van der Waals surface area contributed by atoms with Crippen LogP contribution in [0.1, 0.15) is 30.4 Å².